The molecule has 0 radical (unpaired) electrons. The van der Waals surface area contributed by atoms with Crippen molar-refractivity contribution < 1.29 is 0 Å². The Hall–Kier alpha value is -0.600. The summed E-state index contributed by atoms with van der Waals surface area (Å²) in [5, 5.41) is 0.518. The first-order valence-electron chi connectivity index (χ1n) is 4.61. The Balaban J connectivity index is 2.60. The molecular formula is C10H15ClN2. The predicted octanol–water partition coefficient (Wildman–Crippen LogP) is 2.93. The van der Waals surface area contributed by atoms with Crippen LogP contribution in [0.2, 0.25) is 5.15 Å². The van der Waals surface area contributed by atoms with Gasteiger partial charge in [-0.3, -0.25) is 0 Å². The van der Waals surface area contributed by atoms with Crippen molar-refractivity contribution in [3.05, 3.63) is 29.0 Å². The zero-order valence-corrected chi connectivity index (χ0v) is 8.59. The standard InChI is InChI=1S/C10H15ClN2/c1-2-3-4-9(12)8-5-6-13-10(11)7-8/h5-7,9H,2-4,12H2,1H3/t9-/m1/s1. The Morgan fingerprint density at radius 2 is 2.38 bits per heavy atom. The van der Waals surface area contributed by atoms with E-state index in [9.17, 15) is 0 Å². The van der Waals surface area contributed by atoms with E-state index in [4.69, 9.17) is 17.3 Å². The molecule has 3 heteroatoms. The summed E-state index contributed by atoms with van der Waals surface area (Å²) in [6.07, 6.45) is 5.04. The summed E-state index contributed by atoms with van der Waals surface area (Å²) in [4.78, 5) is 3.91. The van der Waals surface area contributed by atoms with Gasteiger partial charge < -0.3 is 5.73 Å². The molecule has 1 rings (SSSR count). The molecule has 0 amide bonds. The third-order valence-corrected chi connectivity index (χ3v) is 2.25. The second-order valence-corrected chi connectivity index (χ2v) is 3.55. The molecule has 0 fully saturated rings. The van der Waals surface area contributed by atoms with Crippen molar-refractivity contribution in [1.29, 1.82) is 0 Å². The number of nitrogens with zero attached hydrogens (tertiary/aromatic N) is 1. The van der Waals surface area contributed by atoms with Crippen LogP contribution < -0.4 is 5.73 Å². The van der Waals surface area contributed by atoms with Gasteiger partial charge in [-0.2, -0.15) is 0 Å². The normalized spacial score (nSPS) is 12.8. The largest absolute Gasteiger partial charge is 0.324 e. The lowest BCUT2D eigenvalue weighted by Gasteiger charge is -2.10. The summed E-state index contributed by atoms with van der Waals surface area (Å²) < 4.78 is 0. The van der Waals surface area contributed by atoms with E-state index in [1.807, 2.05) is 12.1 Å². The van der Waals surface area contributed by atoms with Crippen LogP contribution >= 0.6 is 11.6 Å². The maximum atomic E-state index is 5.96. The topological polar surface area (TPSA) is 38.9 Å². The minimum absolute atomic E-state index is 0.0976. The Labute approximate surface area is 84.1 Å². The SMILES string of the molecule is CCCC[C@@H](N)c1ccnc(Cl)c1. The van der Waals surface area contributed by atoms with Crippen LogP contribution in [0.25, 0.3) is 0 Å². The maximum absolute atomic E-state index is 5.96. The van der Waals surface area contributed by atoms with Gasteiger partial charge in [0.25, 0.3) is 0 Å². The predicted molar refractivity (Wildman–Crippen MR) is 55.7 cm³/mol. The molecule has 1 aromatic rings. The van der Waals surface area contributed by atoms with Gasteiger partial charge in [0.05, 0.1) is 0 Å². The summed E-state index contributed by atoms with van der Waals surface area (Å²) in [5.41, 5.74) is 7.04. The molecule has 0 bridgehead atoms. The second kappa shape index (κ2) is 5.20. The van der Waals surface area contributed by atoms with Crippen molar-refractivity contribution in [2.75, 3.05) is 0 Å². The number of hydrogen-bond donors (Lipinski definition) is 1. The van der Waals surface area contributed by atoms with Gasteiger partial charge in [-0.1, -0.05) is 31.4 Å². The monoisotopic (exact) mass is 198 g/mol. The van der Waals surface area contributed by atoms with E-state index in [0.29, 0.717) is 5.15 Å². The summed E-state index contributed by atoms with van der Waals surface area (Å²) in [5.74, 6) is 0. The smallest absolute Gasteiger partial charge is 0.129 e. The van der Waals surface area contributed by atoms with Gasteiger partial charge in [0.1, 0.15) is 5.15 Å². The van der Waals surface area contributed by atoms with Crippen molar-refractivity contribution in [1.82, 2.24) is 4.98 Å². The molecule has 0 unspecified atom stereocenters. The minimum atomic E-state index is 0.0976. The van der Waals surface area contributed by atoms with Crippen LogP contribution in [0.3, 0.4) is 0 Å². The van der Waals surface area contributed by atoms with Gasteiger partial charge in [-0.25, -0.2) is 4.98 Å². The molecule has 0 aliphatic carbocycles. The van der Waals surface area contributed by atoms with Gasteiger partial charge in [-0.05, 0) is 24.1 Å². The molecule has 1 aromatic heterocycles. The average molecular weight is 199 g/mol. The van der Waals surface area contributed by atoms with Gasteiger partial charge in [0.2, 0.25) is 0 Å². The summed E-state index contributed by atoms with van der Waals surface area (Å²) >= 11 is 5.76. The molecule has 0 aliphatic rings. The Morgan fingerprint density at radius 1 is 1.62 bits per heavy atom. The number of pyridine rings is 1. The number of aromatic nitrogens is 1. The maximum Gasteiger partial charge on any atom is 0.129 e. The van der Waals surface area contributed by atoms with E-state index in [1.165, 1.54) is 6.42 Å². The molecule has 0 aliphatic heterocycles. The van der Waals surface area contributed by atoms with E-state index in [1.54, 1.807) is 6.20 Å². The van der Waals surface area contributed by atoms with Gasteiger partial charge in [-0.15, -0.1) is 0 Å². The van der Waals surface area contributed by atoms with Crippen LogP contribution in [0.5, 0.6) is 0 Å². The molecule has 2 nitrogen and oxygen atoms in total. The third kappa shape index (κ3) is 3.33. The van der Waals surface area contributed by atoms with Crippen LogP contribution in [0, 0.1) is 0 Å². The lowest BCUT2D eigenvalue weighted by molar-refractivity contribution is 0.603. The molecule has 2 N–H and O–H groups in total. The number of hydrogen-bond acceptors (Lipinski definition) is 2. The van der Waals surface area contributed by atoms with Gasteiger partial charge in [0, 0.05) is 12.2 Å². The number of nitrogens with two attached hydrogens (primary N) is 1. The molecule has 13 heavy (non-hydrogen) atoms. The van der Waals surface area contributed by atoms with E-state index in [0.717, 1.165) is 18.4 Å². The highest BCUT2D eigenvalue weighted by Crippen LogP contribution is 2.18. The zero-order chi connectivity index (χ0) is 9.68. The minimum Gasteiger partial charge on any atom is -0.324 e. The van der Waals surface area contributed by atoms with Crippen LogP contribution in [-0.2, 0) is 0 Å². The molecule has 0 saturated carbocycles. The highest BCUT2D eigenvalue weighted by molar-refractivity contribution is 6.29. The number of rotatable bonds is 4. The van der Waals surface area contributed by atoms with Gasteiger partial charge >= 0.3 is 0 Å². The van der Waals surface area contributed by atoms with Crippen LogP contribution in [0.15, 0.2) is 18.3 Å². The van der Waals surface area contributed by atoms with Crippen LogP contribution in [-0.4, -0.2) is 4.98 Å². The lowest BCUT2D eigenvalue weighted by Crippen LogP contribution is -2.09. The molecule has 1 atom stereocenters. The van der Waals surface area contributed by atoms with E-state index in [-0.39, 0.29) is 6.04 Å². The Morgan fingerprint density at radius 3 is 3.00 bits per heavy atom. The Bertz CT molecular complexity index is 263. The zero-order valence-electron chi connectivity index (χ0n) is 7.83. The van der Waals surface area contributed by atoms with Crippen LogP contribution in [0.4, 0.5) is 0 Å². The first-order valence-corrected chi connectivity index (χ1v) is 4.99. The molecule has 0 aromatic carbocycles. The average Bonchev–Trinajstić information content (AvgIpc) is 2.14. The summed E-state index contributed by atoms with van der Waals surface area (Å²) in [6, 6.07) is 3.86. The fraction of sp³-hybridized carbons (Fsp3) is 0.500. The molecule has 0 saturated heterocycles. The van der Waals surface area contributed by atoms with E-state index >= 15 is 0 Å². The van der Waals surface area contributed by atoms with Gasteiger partial charge in [0.15, 0.2) is 0 Å². The fourth-order valence-corrected chi connectivity index (χ4v) is 1.42. The summed E-state index contributed by atoms with van der Waals surface area (Å²) in [6.45, 7) is 2.16. The van der Waals surface area contributed by atoms with Crippen molar-refractivity contribution in [2.45, 2.75) is 32.2 Å². The lowest BCUT2D eigenvalue weighted by atomic mass is 10.0. The van der Waals surface area contributed by atoms with E-state index in [2.05, 4.69) is 11.9 Å². The number of unbranched alkanes of at least 4 members (excludes halogenated alkanes) is 1. The molecule has 0 spiro atoms. The molecular weight excluding hydrogens is 184 g/mol. The summed E-state index contributed by atoms with van der Waals surface area (Å²) in [7, 11) is 0. The van der Waals surface area contributed by atoms with Crippen molar-refractivity contribution >= 4 is 11.6 Å². The fourth-order valence-electron chi connectivity index (χ4n) is 1.24. The van der Waals surface area contributed by atoms with E-state index < -0.39 is 0 Å². The molecule has 72 valence electrons. The Kier molecular flexibility index (Phi) is 4.19. The third-order valence-electron chi connectivity index (χ3n) is 2.05. The first-order chi connectivity index (χ1) is 6.24. The van der Waals surface area contributed by atoms with Crippen LogP contribution in [0.1, 0.15) is 37.8 Å². The highest BCUT2D eigenvalue weighted by Gasteiger charge is 2.05. The quantitative estimate of drug-likeness (QED) is 0.756. The first kappa shape index (κ1) is 10.5. The number of halogens is 1. The highest BCUT2D eigenvalue weighted by atomic mass is 35.5. The van der Waals surface area contributed by atoms with Crippen molar-refractivity contribution in [3.63, 3.8) is 0 Å². The molecule has 1 heterocycles. The van der Waals surface area contributed by atoms with Crippen molar-refractivity contribution in [2.24, 2.45) is 5.73 Å². The van der Waals surface area contributed by atoms with Crippen molar-refractivity contribution in [3.8, 4) is 0 Å². The second-order valence-electron chi connectivity index (χ2n) is 3.16.